The number of nitrogens with zero attached hydrogens (tertiary/aromatic N) is 3. The standard InChI is InChI=1S/C21H41NO4.C19H39NO3.C17H35NO3/c1-5-6-7-8-9-10-11-12-13-14-15-16-21(25)26-19(17-20(23)24)18-22(2,3)4;1-5-6-7-8-9-10-11-12-13-14-15-23-18(16-19(21)22)17-20(2,3)4;1-5-6-7-8-9-10-11-12-13-21-16(14-17(19)20)15-18(2,3)4/h19H,5-18H2,1-4H3;18H,5-17H2,1-4H3;16H,5-15H2,1-4H3. The minimum absolute atomic E-state index is 0.00667. The van der Waals surface area contributed by atoms with Gasteiger partial charge in [-0.25, -0.2) is 0 Å². The van der Waals surface area contributed by atoms with Crippen molar-refractivity contribution >= 4 is 23.9 Å². The van der Waals surface area contributed by atoms with Crippen LogP contribution in [0.5, 0.6) is 0 Å². The number of carbonyl (C=O) groups excluding carboxylic acids is 4. The molecule has 0 rings (SSSR count). The molecule has 0 saturated heterocycles. The zero-order valence-corrected chi connectivity index (χ0v) is 48.0. The van der Waals surface area contributed by atoms with Crippen LogP contribution in [0.2, 0.25) is 0 Å². The number of carboxylic acid groups (broad SMARTS) is 3. The predicted octanol–water partition coefficient (Wildman–Crippen LogP) is 8.94. The van der Waals surface area contributed by atoms with Crippen molar-refractivity contribution in [2.45, 2.75) is 251 Å². The second-order valence-corrected chi connectivity index (χ2v) is 23.2. The molecular formula is C57H115N3O10. The van der Waals surface area contributed by atoms with Gasteiger partial charge < -0.3 is 57.4 Å². The number of likely N-dealkylation sites (N-methyl/N-ethyl adjacent to an activating group) is 3. The molecule has 0 aliphatic rings. The molecule has 0 aliphatic heterocycles. The number of aliphatic carboxylic acids is 3. The number of hydrogen-bond acceptors (Lipinski definition) is 10. The summed E-state index contributed by atoms with van der Waals surface area (Å²) in [6.45, 7) is 9.91. The van der Waals surface area contributed by atoms with Crippen molar-refractivity contribution < 1.29 is 62.2 Å². The van der Waals surface area contributed by atoms with Crippen molar-refractivity contribution in [2.75, 3.05) is 96.3 Å². The average Bonchev–Trinajstić information content (AvgIpc) is 3.22. The Morgan fingerprint density at radius 2 is 0.571 bits per heavy atom. The van der Waals surface area contributed by atoms with E-state index in [-0.39, 0.29) is 37.4 Å². The first kappa shape index (κ1) is 71.9. The van der Waals surface area contributed by atoms with Gasteiger partial charge >= 0.3 is 5.97 Å². The van der Waals surface area contributed by atoms with Crippen LogP contribution in [0.3, 0.4) is 0 Å². The fourth-order valence-electron chi connectivity index (χ4n) is 8.39. The van der Waals surface area contributed by atoms with Crippen LogP contribution in [0.1, 0.15) is 233 Å². The summed E-state index contributed by atoms with van der Waals surface area (Å²) >= 11 is 0. The third kappa shape index (κ3) is 63.7. The number of hydrogen-bond donors (Lipinski definition) is 0. The lowest BCUT2D eigenvalue weighted by Crippen LogP contribution is -2.45. The van der Waals surface area contributed by atoms with Crippen LogP contribution in [0, 0.1) is 0 Å². The third-order valence-electron chi connectivity index (χ3n) is 11.9. The second kappa shape index (κ2) is 47.7. The maximum atomic E-state index is 11.9. The Bertz CT molecular complexity index is 1210. The van der Waals surface area contributed by atoms with E-state index in [4.69, 9.17) is 14.2 Å². The van der Waals surface area contributed by atoms with Gasteiger partial charge in [0.1, 0.15) is 31.8 Å². The molecule has 0 fully saturated rings. The van der Waals surface area contributed by atoms with Gasteiger partial charge in [-0.1, -0.05) is 188 Å². The molecule has 0 aromatic heterocycles. The number of rotatable bonds is 47. The van der Waals surface area contributed by atoms with E-state index in [1.165, 1.54) is 154 Å². The monoisotopic (exact) mass is 1000 g/mol. The van der Waals surface area contributed by atoms with Crippen LogP contribution in [0.25, 0.3) is 0 Å². The number of esters is 1. The molecule has 13 heteroatoms. The normalized spacial score (nSPS) is 13.1. The SMILES string of the molecule is CCCCCCCCCCCCCC(=O)OC(CC(=O)[O-])C[N+](C)(C)C.CCCCCCCCCCCCOC(CC(=O)[O-])C[N+](C)(C)C.CCCCCCCCCCOC(CC(=O)[O-])C[N+](C)(C)C. The van der Waals surface area contributed by atoms with E-state index in [0.29, 0.717) is 52.7 Å². The van der Waals surface area contributed by atoms with Crippen molar-refractivity contribution in [1.82, 2.24) is 0 Å². The molecule has 0 N–H and O–H groups in total. The number of unbranched alkanes of at least 4 members (excludes halogenated alkanes) is 26. The predicted molar refractivity (Wildman–Crippen MR) is 282 cm³/mol. The zero-order valence-electron chi connectivity index (χ0n) is 48.0. The first-order valence-electron chi connectivity index (χ1n) is 28.4. The zero-order chi connectivity index (χ0) is 53.5. The molecule has 0 radical (unpaired) electrons. The van der Waals surface area contributed by atoms with Crippen LogP contribution in [-0.2, 0) is 33.4 Å². The van der Waals surface area contributed by atoms with Crippen molar-refractivity contribution in [3.05, 3.63) is 0 Å². The summed E-state index contributed by atoms with van der Waals surface area (Å²) < 4.78 is 18.8. The van der Waals surface area contributed by atoms with Crippen LogP contribution in [-0.4, -0.2) is 152 Å². The number of quaternary nitrogens is 3. The lowest BCUT2D eigenvalue weighted by Gasteiger charge is -2.29. The third-order valence-corrected chi connectivity index (χ3v) is 11.9. The van der Waals surface area contributed by atoms with Gasteiger partial charge in [-0.15, -0.1) is 0 Å². The Balaban J connectivity index is -0.000000968. The van der Waals surface area contributed by atoms with Gasteiger partial charge in [-0.2, -0.15) is 0 Å². The van der Waals surface area contributed by atoms with Gasteiger partial charge in [0.25, 0.3) is 0 Å². The molecule has 0 aliphatic carbocycles. The lowest BCUT2D eigenvalue weighted by atomic mass is 10.1. The molecule has 0 spiro atoms. The van der Waals surface area contributed by atoms with Crippen LogP contribution in [0.4, 0.5) is 0 Å². The second-order valence-electron chi connectivity index (χ2n) is 23.2. The lowest BCUT2D eigenvalue weighted by molar-refractivity contribution is -0.873. The Labute approximate surface area is 431 Å². The molecule has 70 heavy (non-hydrogen) atoms. The van der Waals surface area contributed by atoms with Crippen molar-refractivity contribution in [3.63, 3.8) is 0 Å². The van der Waals surface area contributed by atoms with Gasteiger partial charge in [0.05, 0.1) is 63.4 Å². The Kier molecular flexibility index (Phi) is 49.0. The summed E-state index contributed by atoms with van der Waals surface area (Å²) in [4.78, 5) is 44.3. The van der Waals surface area contributed by atoms with E-state index in [1.54, 1.807) is 0 Å². The molecule has 0 heterocycles. The number of carbonyl (C=O) groups is 4. The summed E-state index contributed by atoms with van der Waals surface area (Å²) in [5.74, 6) is -3.51. The number of ether oxygens (including phenoxy) is 3. The molecule has 0 bridgehead atoms. The van der Waals surface area contributed by atoms with Gasteiger partial charge in [0.15, 0.2) is 6.10 Å². The van der Waals surface area contributed by atoms with E-state index in [0.717, 1.165) is 32.1 Å². The highest BCUT2D eigenvalue weighted by Crippen LogP contribution is 2.15. The Morgan fingerprint density at radius 1 is 0.343 bits per heavy atom. The topological polar surface area (TPSA) is 165 Å². The van der Waals surface area contributed by atoms with E-state index in [9.17, 15) is 34.5 Å². The average molecular weight is 1000 g/mol. The first-order chi connectivity index (χ1) is 32.9. The first-order valence-corrected chi connectivity index (χ1v) is 28.4. The molecule has 3 atom stereocenters. The fraction of sp³-hybridized carbons (Fsp3) is 0.930. The molecule has 0 saturated carbocycles. The summed E-state index contributed by atoms with van der Waals surface area (Å²) in [7, 11) is 18.1. The summed E-state index contributed by atoms with van der Waals surface area (Å²) in [5, 5.41) is 32.4. The highest BCUT2D eigenvalue weighted by atomic mass is 16.5. The quantitative estimate of drug-likeness (QED) is 0.0327. The highest BCUT2D eigenvalue weighted by Gasteiger charge is 2.23. The minimum Gasteiger partial charge on any atom is -0.550 e. The van der Waals surface area contributed by atoms with E-state index in [2.05, 4.69) is 20.8 Å². The smallest absolute Gasteiger partial charge is 0.306 e. The van der Waals surface area contributed by atoms with E-state index >= 15 is 0 Å². The molecule has 13 nitrogen and oxygen atoms in total. The maximum absolute atomic E-state index is 11.9. The molecule has 418 valence electrons. The maximum Gasteiger partial charge on any atom is 0.306 e. The van der Waals surface area contributed by atoms with Gasteiger partial charge in [0.2, 0.25) is 0 Å². The van der Waals surface area contributed by atoms with Crippen LogP contribution >= 0.6 is 0 Å². The van der Waals surface area contributed by atoms with Crippen molar-refractivity contribution in [2.24, 2.45) is 0 Å². The van der Waals surface area contributed by atoms with Crippen LogP contribution in [0.15, 0.2) is 0 Å². The molecule has 0 aromatic rings. The Morgan fingerprint density at radius 3 is 0.829 bits per heavy atom. The fourth-order valence-corrected chi connectivity index (χ4v) is 8.39. The summed E-state index contributed by atoms with van der Waals surface area (Å²) in [5.41, 5.74) is 0. The highest BCUT2D eigenvalue weighted by molar-refractivity contribution is 5.71. The molecular weight excluding hydrogens is 887 g/mol. The Hall–Kier alpha value is -2.32. The summed E-state index contributed by atoms with van der Waals surface area (Å²) in [6, 6.07) is 0. The minimum atomic E-state index is -1.18. The summed E-state index contributed by atoms with van der Waals surface area (Å²) in [6.07, 6.45) is 35.6. The van der Waals surface area contributed by atoms with E-state index < -0.39 is 24.0 Å². The van der Waals surface area contributed by atoms with Crippen LogP contribution < -0.4 is 15.3 Å². The number of carboxylic acids is 3. The molecule has 3 unspecified atom stereocenters. The van der Waals surface area contributed by atoms with Gasteiger partial charge in [-0.3, -0.25) is 4.79 Å². The largest absolute Gasteiger partial charge is 0.550 e. The van der Waals surface area contributed by atoms with Gasteiger partial charge in [0, 0.05) is 56.8 Å². The van der Waals surface area contributed by atoms with Crippen molar-refractivity contribution in [1.29, 1.82) is 0 Å². The van der Waals surface area contributed by atoms with Gasteiger partial charge in [-0.05, 0) is 19.3 Å². The molecule has 0 amide bonds. The van der Waals surface area contributed by atoms with Crippen molar-refractivity contribution in [3.8, 4) is 0 Å². The molecule has 0 aromatic carbocycles. The van der Waals surface area contributed by atoms with E-state index in [1.807, 2.05) is 63.4 Å².